The SMILES string of the molecule is CCCC(CC)NCCNc1ccccc1. The number of hydrogen-bond donors (Lipinski definition) is 2. The Balaban J connectivity index is 2.11. The molecule has 0 spiro atoms. The lowest BCUT2D eigenvalue weighted by Gasteiger charge is -2.16. The van der Waals surface area contributed by atoms with Gasteiger partial charge in [-0.1, -0.05) is 38.5 Å². The van der Waals surface area contributed by atoms with Crippen LogP contribution in [0.1, 0.15) is 33.1 Å². The van der Waals surface area contributed by atoms with Crippen molar-refractivity contribution in [1.29, 1.82) is 0 Å². The zero-order valence-corrected chi connectivity index (χ0v) is 10.5. The maximum atomic E-state index is 3.58. The fourth-order valence-corrected chi connectivity index (χ4v) is 1.84. The second kappa shape index (κ2) is 8.17. The molecule has 0 aromatic heterocycles. The molecular weight excluding hydrogens is 196 g/mol. The fourth-order valence-electron chi connectivity index (χ4n) is 1.84. The van der Waals surface area contributed by atoms with Crippen LogP contribution >= 0.6 is 0 Å². The Morgan fingerprint density at radius 3 is 2.44 bits per heavy atom. The van der Waals surface area contributed by atoms with Gasteiger partial charge >= 0.3 is 0 Å². The predicted octanol–water partition coefficient (Wildman–Crippen LogP) is 3.27. The van der Waals surface area contributed by atoms with Gasteiger partial charge in [-0.05, 0) is 25.0 Å². The summed E-state index contributed by atoms with van der Waals surface area (Å²) in [6.07, 6.45) is 3.76. The van der Waals surface area contributed by atoms with Crippen molar-refractivity contribution < 1.29 is 0 Å². The standard InChI is InChI=1S/C14H24N2/c1-3-8-13(4-2)15-11-12-16-14-9-6-5-7-10-14/h5-7,9-10,13,15-16H,3-4,8,11-12H2,1-2H3. The molecule has 0 fully saturated rings. The number of hydrogen-bond acceptors (Lipinski definition) is 2. The molecule has 0 amide bonds. The third-order valence-electron chi connectivity index (χ3n) is 2.79. The minimum atomic E-state index is 0.683. The number of rotatable bonds is 8. The fraction of sp³-hybridized carbons (Fsp3) is 0.571. The summed E-state index contributed by atoms with van der Waals surface area (Å²) in [4.78, 5) is 0. The molecule has 1 rings (SSSR count). The van der Waals surface area contributed by atoms with Crippen molar-refractivity contribution in [3.8, 4) is 0 Å². The zero-order valence-electron chi connectivity index (χ0n) is 10.5. The van der Waals surface area contributed by atoms with E-state index in [1.807, 2.05) is 6.07 Å². The van der Waals surface area contributed by atoms with Crippen LogP contribution in [0.4, 0.5) is 5.69 Å². The van der Waals surface area contributed by atoms with Crippen LogP contribution in [0, 0.1) is 0 Å². The molecule has 1 unspecified atom stereocenters. The van der Waals surface area contributed by atoms with E-state index < -0.39 is 0 Å². The van der Waals surface area contributed by atoms with E-state index in [0.29, 0.717) is 6.04 Å². The van der Waals surface area contributed by atoms with Crippen LogP contribution in [0.5, 0.6) is 0 Å². The summed E-state index contributed by atoms with van der Waals surface area (Å²) in [6.45, 7) is 6.52. The van der Waals surface area contributed by atoms with Gasteiger partial charge in [0.1, 0.15) is 0 Å². The Hall–Kier alpha value is -1.02. The Bertz CT molecular complexity index is 259. The molecule has 0 aliphatic carbocycles. The van der Waals surface area contributed by atoms with E-state index in [1.165, 1.54) is 24.9 Å². The van der Waals surface area contributed by atoms with Crippen LogP contribution in [0.3, 0.4) is 0 Å². The van der Waals surface area contributed by atoms with Crippen molar-refractivity contribution in [1.82, 2.24) is 5.32 Å². The van der Waals surface area contributed by atoms with Crippen LogP contribution in [0.25, 0.3) is 0 Å². The first-order chi connectivity index (χ1) is 7.86. The lowest BCUT2D eigenvalue weighted by molar-refractivity contribution is 0.472. The summed E-state index contributed by atoms with van der Waals surface area (Å²) in [6, 6.07) is 11.0. The third kappa shape index (κ3) is 5.17. The van der Waals surface area contributed by atoms with Gasteiger partial charge in [-0.15, -0.1) is 0 Å². The number of anilines is 1. The molecule has 2 heteroatoms. The maximum Gasteiger partial charge on any atom is 0.0340 e. The molecule has 0 aliphatic rings. The van der Waals surface area contributed by atoms with Gasteiger partial charge in [0.25, 0.3) is 0 Å². The molecule has 2 nitrogen and oxygen atoms in total. The van der Waals surface area contributed by atoms with Crippen LogP contribution in [0.2, 0.25) is 0 Å². The van der Waals surface area contributed by atoms with Crippen LogP contribution in [0.15, 0.2) is 30.3 Å². The molecule has 90 valence electrons. The zero-order chi connectivity index (χ0) is 11.6. The van der Waals surface area contributed by atoms with Crippen molar-refractivity contribution in [2.75, 3.05) is 18.4 Å². The van der Waals surface area contributed by atoms with Gasteiger partial charge < -0.3 is 10.6 Å². The van der Waals surface area contributed by atoms with Gasteiger partial charge in [0, 0.05) is 24.8 Å². The smallest absolute Gasteiger partial charge is 0.0340 e. The Labute approximate surface area is 99.5 Å². The highest BCUT2D eigenvalue weighted by atomic mass is 15.0. The van der Waals surface area contributed by atoms with E-state index in [4.69, 9.17) is 0 Å². The number of nitrogens with one attached hydrogen (secondary N) is 2. The van der Waals surface area contributed by atoms with E-state index in [-0.39, 0.29) is 0 Å². The van der Waals surface area contributed by atoms with Gasteiger partial charge in [0.05, 0.1) is 0 Å². The number of para-hydroxylation sites is 1. The highest BCUT2D eigenvalue weighted by Gasteiger charge is 2.02. The summed E-state index contributed by atoms with van der Waals surface area (Å²) < 4.78 is 0. The predicted molar refractivity (Wildman–Crippen MR) is 71.9 cm³/mol. The Morgan fingerprint density at radius 2 is 1.81 bits per heavy atom. The summed E-state index contributed by atoms with van der Waals surface area (Å²) in [5, 5.41) is 6.98. The molecule has 1 atom stereocenters. The monoisotopic (exact) mass is 220 g/mol. The first-order valence-corrected chi connectivity index (χ1v) is 6.39. The molecule has 0 radical (unpaired) electrons. The van der Waals surface area contributed by atoms with Gasteiger partial charge in [-0.3, -0.25) is 0 Å². The van der Waals surface area contributed by atoms with Crippen LogP contribution < -0.4 is 10.6 Å². The lowest BCUT2D eigenvalue weighted by Crippen LogP contribution is -2.32. The molecule has 16 heavy (non-hydrogen) atoms. The maximum absolute atomic E-state index is 3.58. The van der Waals surface area contributed by atoms with Crippen LogP contribution in [-0.2, 0) is 0 Å². The topological polar surface area (TPSA) is 24.1 Å². The van der Waals surface area contributed by atoms with E-state index in [1.54, 1.807) is 0 Å². The first-order valence-electron chi connectivity index (χ1n) is 6.39. The highest BCUT2D eigenvalue weighted by Crippen LogP contribution is 2.04. The van der Waals surface area contributed by atoms with Crippen molar-refractivity contribution in [2.24, 2.45) is 0 Å². The highest BCUT2D eigenvalue weighted by molar-refractivity contribution is 5.42. The minimum absolute atomic E-state index is 0.683. The van der Waals surface area contributed by atoms with Gasteiger partial charge in [-0.2, -0.15) is 0 Å². The Morgan fingerprint density at radius 1 is 1.06 bits per heavy atom. The lowest BCUT2D eigenvalue weighted by atomic mass is 10.1. The van der Waals surface area contributed by atoms with Gasteiger partial charge in [0.2, 0.25) is 0 Å². The van der Waals surface area contributed by atoms with Crippen molar-refractivity contribution in [3.63, 3.8) is 0 Å². The van der Waals surface area contributed by atoms with E-state index >= 15 is 0 Å². The van der Waals surface area contributed by atoms with Crippen LogP contribution in [-0.4, -0.2) is 19.1 Å². The minimum Gasteiger partial charge on any atom is -0.384 e. The molecule has 0 heterocycles. The van der Waals surface area contributed by atoms with Crippen molar-refractivity contribution in [2.45, 2.75) is 39.2 Å². The summed E-state index contributed by atoms with van der Waals surface area (Å²) in [7, 11) is 0. The molecule has 1 aromatic carbocycles. The summed E-state index contributed by atoms with van der Waals surface area (Å²) in [5.74, 6) is 0. The first kappa shape index (κ1) is 13.0. The quantitative estimate of drug-likeness (QED) is 0.657. The van der Waals surface area contributed by atoms with Crippen molar-refractivity contribution >= 4 is 5.69 Å². The largest absolute Gasteiger partial charge is 0.384 e. The van der Waals surface area contributed by atoms with E-state index in [9.17, 15) is 0 Å². The Kier molecular flexibility index (Phi) is 6.66. The molecule has 0 saturated carbocycles. The summed E-state index contributed by atoms with van der Waals surface area (Å²) >= 11 is 0. The molecule has 2 N–H and O–H groups in total. The van der Waals surface area contributed by atoms with Gasteiger partial charge in [0.15, 0.2) is 0 Å². The average molecular weight is 220 g/mol. The number of benzene rings is 1. The molecule has 1 aromatic rings. The van der Waals surface area contributed by atoms with E-state index in [2.05, 4.69) is 48.7 Å². The molecular formula is C14H24N2. The molecule has 0 saturated heterocycles. The van der Waals surface area contributed by atoms with Gasteiger partial charge in [-0.25, -0.2) is 0 Å². The van der Waals surface area contributed by atoms with E-state index in [0.717, 1.165) is 13.1 Å². The summed E-state index contributed by atoms with van der Waals surface area (Å²) in [5.41, 5.74) is 1.20. The molecule has 0 aliphatic heterocycles. The average Bonchev–Trinajstić information content (AvgIpc) is 2.34. The normalized spacial score (nSPS) is 12.4. The second-order valence-electron chi connectivity index (χ2n) is 4.14. The van der Waals surface area contributed by atoms with Crippen molar-refractivity contribution in [3.05, 3.63) is 30.3 Å². The second-order valence-corrected chi connectivity index (χ2v) is 4.14. The molecule has 0 bridgehead atoms. The third-order valence-corrected chi connectivity index (χ3v) is 2.79.